The largest absolute Gasteiger partial charge is 0.316 e. The fraction of sp³-hybridized carbons (Fsp3) is 0.647. The molecule has 106 valence electrons. The third-order valence-electron chi connectivity index (χ3n) is 4.61. The number of rotatable bonds is 5. The summed E-state index contributed by atoms with van der Waals surface area (Å²) in [5.74, 6) is 1.14. The lowest BCUT2D eigenvalue weighted by Crippen LogP contribution is -2.42. The van der Waals surface area contributed by atoms with E-state index < -0.39 is 0 Å². The van der Waals surface area contributed by atoms with E-state index in [1.54, 1.807) is 12.1 Å². The smallest absolute Gasteiger partial charge is 0.127 e. The highest BCUT2D eigenvalue weighted by Crippen LogP contribution is 2.45. The number of halogens is 1. The van der Waals surface area contributed by atoms with Gasteiger partial charge in [-0.2, -0.15) is 0 Å². The summed E-state index contributed by atoms with van der Waals surface area (Å²) in [6.07, 6.45) is 3.51. The Morgan fingerprint density at radius 3 is 2.68 bits per heavy atom. The Hall–Kier alpha value is -0.890. The molecule has 2 heteroatoms. The standard InChI is InChI=1S/C17H26FN/c1-13(2)11-19-12-17(10-6-7-14(17)3)15-8-4-5-9-16(15)18/h4-5,8-9,13-14,19H,6-7,10-12H2,1-3H3. The lowest BCUT2D eigenvalue weighted by atomic mass is 9.72. The van der Waals surface area contributed by atoms with Crippen molar-refractivity contribution in [3.8, 4) is 0 Å². The van der Waals surface area contributed by atoms with Gasteiger partial charge >= 0.3 is 0 Å². The summed E-state index contributed by atoms with van der Waals surface area (Å²) in [4.78, 5) is 0. The van der Waals surface area contributed by atoms with Crippen molar-refractivity contribution in [2.75, 3.05) is 13.1 Å². The number of benzene rings is 1. The molecule has 0 amide bonds. The fourth-order valence-electron chi connectivity index (χ4n) is 3.45. The molecule has 1 fully saturated rings. The normalized spacial score (nSPS) is 27.1. The van der Waals surface area contributed by atoms with Crippen LogP contribution in [0.2, 0.25) is 0 Å². The summed E-state index contributed by atoms with van der Waals surface area (Å²) in [5.41, 5.74) is 0.900. The molecule has 0 radical (unpaired) electrons. The zero-order valence-electron chi connectivity index (χ0n) is 12.4. The molecule has 1 aliphatic carbocycles. The molecule has 0 heterocycles. The van der Waals surface area contributed by atoms with Gasteiger partial charge < -0.3 is 5.32 Å². The monoisotopic (exact) mass is 263 g/mol. The van der Waals surface area contributed by atoms with Crippen molar-refractivity contribution in [1.29, 1.82) is 0 Å². The van der Waals surface area contributed by atoms with Crippen molar-refractivity contribution in [2.45, 2.75) is 45.4 Å². The molecule has 0 aliphatic heterocycles. The first-order chi connectivity index (χ1) is 9.06. The third kappa shape index (κ3) is 3.00. The molecular formula is C17H26FN. The van der Waals surface area contributed by atoms with Gasteiger partial charge in [-0.3, -0.25) is 0 Å². The van der Waals surface area contributed by atoms with Crippen LogP contribution in [0.1, 0.15) is 45.6 Å². The van der Waals surface area contributed by atoms with Crippen LogP contribution in [0.4, 0.5) is 4.39 Å². The molecule has 0 bridgehead atoms. The maximum atomic E-state index is 14.2. The Morgan fingerprint density at radius 1 is 1.37 bits per heavy atom. The van der Waals surface area contributed by atoms with Crippen LogP contribution in [0.25, 0.3) is 0 Å². The topological polar surface area (TPSA) is 12.0 Å². The van der Waals surface area contributed by atoms with E-state index in [2.05, 4.69) is 26.1 Å². The molecule has 0 saturated heterocycles. The first-order valence-electron chi connectivity index (χ1n) is 7.52. The SMILES string of the molecule is CC(C)CNCC1(c2ccccc2F)CCCC1C. The van der Waals surface area contributed by atoms with Crippen LogP contribution in [-0.4, -0.2) is 13.1 Å². The van der Waals surface area contributed by atoms with E-state index in [1.807, 2.05) is 12.1 Å². The zero-order valence-corrected chi connectivity index (χ0v) is 12.4. The Kier molecular flexibility index (Phi) is 4.62. The predicted octanol–water partition coefficient (Wildman–Crippen LogP) is 4.13. The third-order valence-corrected chi connectivity index (χ3v) is 4.61. The first kappa shape index (κ1) is 14.5. The van der Waals surface area contributed by atoms with Crippen molar-refractivity contribution in [1.82, 2.24) is 5.32 Å². The van der Waals surface area contributed by atoms with Gasteiger partial charge in [-0.05, 0) is 42.9 Å². The minimum Gasteiger partial charge on any atom is -0.316 e. The Balaban J connectivity index is 2.23. The summed E-state index contributed by atoms with van der Waals surface area (Å²) in [7, 11) is 0. The fourth-order valence-corrected chi connectivity index (χ4v) is 3.45. The van der Waals surface area contributed by atoms with Gasteiger partial charge in [-0.1, -0.05) is 45.4 Å². The van der Waals surface area contributed by atoms with E-state index in [0.717, 1.165) is 25.1 Å². The van der Waals surface area contributed by atoms with Gasteiger partial charge in [-0.15, -0.1) is 0 Å². The lowest BCUT2D eigenvalue weighted by Gasteiger charge is -2.35. The van der Waals surface area contributed by atoms with E-state index in [0.29, 0.717) is 11.8 Å². The molecule has 19 heavy (non-hydrogen) atoms. The molecule has 2 unspecified atom stereocenters. The van der Waals surface area contributed by atoms with Crippen molar-refractivity contribution < 1.29 is 4.39 Å². The van der Waals surface area contributed by atoms with Gasteiger partial charge in [-0.25, -0.2) is 4.39 Å². The molecule has 0 aromatic heterocycles. The van der Waals surface area contributed by atoms with Crippen LogP contribution in [0.3, 0.4) is 0 Å². The maximum Gasteiger partial charge on any atom is 0.127 e. The molecule has 1 saturated carbocycles. The average Bonchev–Trinajstić information content (AvgIpc) is 2.72. The highest BCUT2D eigenvalue weighted by molar-refractivity contribution is 5.30. The summed E-state index contributed by atoms with van der Waals surface area (Å²) in [6.45, 7) is 8.59. The van der Waals surface area contributed by atoms with Crippen molar-refractivity contribution in [3.05, 3.63) is 35.6 Å². The summed E-state index contributed by atoms with van der Waals surface area (Å²) in [6, 6.07) is 7.33. The maximum absolute atomic E-state index is 14.2. The van der Waals surface area contributed by atoms with Gasteiger partial charge in [0, 0.05) is 12.0 Å². The van der Waals surface area contributed by atoms with E-state index >= 15 is 0 Å². The second-order valence-electron chi connectivity index (χ2n) is 6.45. The number of hydrogen-bond donors (Lipinski definition) is 1. The van der Waals surface area contributed by atoms with Crippen LogP contribution in [0.5, 0.6) is 0 Å². The molecule has 0 spiro atoms. The van der Waals surface area contributed by atoms with Gasteiger partial charge in [0.25, 0.3) is 0 Å². The van der Waals surface area contributed by atoms with E-state index in [9.17, 15) is 4.39 Å². The number of nitrogens with one attached hydrogen (secondary N) is 1. The van der Waals surface area contributed by atoms with Gasteiger partial charge in [0.2, 0.25) is 0 Å². The van der Waals surface area contributed by atoms with Crippen LogP contribution in [-0.2, 0) is 5.41 Å². The minimum absolute atomic E-state index is 0.0137. The molecule has 1 nitrogen and oxygen atoms in total. The zero-order chi connectivity index (χ0) is 13.9. The molecule has 1 aliphatic rings. The minimum atomic E-state index is -0.0393. The second kappa shape index (κ2) is 6.04. The summed E-state index contributed by atoms with van der Waals surface area (Å²) in [5, 5.41) is 3.56. The molecule has 2 rings (SSSR count). The van der Waals surface area contributed by atoms with Crippen molar-refractivity contribution >= 4 is 0 Å². The Labute approximate surface area is 116 Å². The van der Waals surface area contributed by atoms with Crippen LogP contribution >= 0.6 is 0 Å². The van der Waals surface area contributed by atoms with Crippen LogP contribution in [0, 0.1) is 17.7 Å². The Bertz CT molecular complexity index is 415. The first-order valence-corrected chi connectivity index (χ1v) is 7.52. The number of hydrogen-bond acceptors (Lipinski definition) is 1. The van der Waals surface area contributed by atoms with Crippen molar-refractivity contribution in [2.24, 2.45) is 11.8 Å². The molecular weight excluding hydrogens is 237 g/mol. The van der Waals surface area contributed by atoms with Gasteiger partial charge in [0.15, 0.2) is 0 Å². The van der Waals surface area contributed by atoms with Crippen molar-refractivity contribution in [3.63, 3.8) is 0 Å². The Morgan fingerprint density at radius 2 is 2.11 bits per heavy atom. The highest BCUT2D eigenvalue weighted by Gasteiger charge is 2.42. The highest BCUT2D eigenvalue weighted by atomic mass is 19.1. The van der Waals surface area contributed by atoms with Gasteiger partial charge in [0.05, 0.1) is 0 Å². The molecule has 1 aromatic rings. The lowest BCUT2D eigenvalue weighted by molar-refractivity contribution is 0.301. The summed E-state index contributed by atoms with van der Waals surface area (Å²) >= 11 is 0. The van der Waals surface area contributed by atoms with Gasteiger partial charge in [0.1, 0.15) is 5.82 Å². The average molecular weight is 263 g/mol. The molecule has 1 N–H and O–H groups in total. The van der Waals surface area contributed by atoms with Crippen LogP contribution in [0.15, 0.2) is 24.3 Å². The quantitative estimate of drug-likeness (QED) is 0.842. The second-order valence-corrected chi connectivity index (χ2v) is 6.45. The van der Waals surface area contributed by atoms with E-state index in [1.165, 1.54) is 12.8 Å². The van der Waals surface area contributed by atoms with E-state index in [4.69, 9.17) is 0 Å². The van der Waals surface area contributed by atoms with E-state index in [-0.39, 0.29) is 11.2 Å². The van der Waals surface area contributed by atoms with Crippen LogP contribution < -0.4 is 5.32 Å². The predicted molar refractivity (Wildman–Crippen MR) is 78.8 cm³/mol. The molecule has 2 atom stereocenters. The summed E-state index contributed by atoms with van der Waals surface area (Å²) < 4.78 is 14.2. The molecule has 1 aromatic carbocycles.